The fraction of sp³-hybridized carbons (Fsp3) is 0.150. The molecule has 3 aromatic rings. The molecule has 9 nitrogen and oxygen atoms in total. The molecule has 1 fully saturated rings. The van der Waals surface area contributed by atoms with Gasteiger partial charge in [-0.15, -0.1) is 5.10 Å². The second-order valence-electron chi connectivity index (χ2n) is 6.46. The Morgan fingerprint density at radius 1 is 1.20 bits per heavy atom. The molecule has 1 aromatic heterocycles. The molecule has 0 spiro atoms. The Morgan fingerprint density at radius 3 is 2.70 bits per heavy atom. The van der Waals surface area contributed by atoms with Gasteiger partial charge in [-0.2, -0.15) is 0 Å². The van der Waals surface area contributed by atoms with Crippen LogP contribution in [-0.2, 0) is 11.2 Å². The number of carbonyl (C=O) groups excluding carboxylic acids is 3. The molecule has 0 radical (unpaired) electrons. The van der Waals surface area contributed by atoms with Gasteiger partial charge in [0.2, 0.25) is 5.82 Å². The Morgan fingerprint density at radius 2 is 2.00 bits per heavy atom. The Kier molecular flexibility index (Phi) is 4.97. The van der Waals surface area contributed by atoms with Crippen molar-refractivity contribution in [1.82, 2.24) is 20.1 Å². The Hall–Kier alpha value is -4.08. The summed E-state index contributed by atoms with van der Waals surface area (Å²) >= 11 is 0. The molecule has 0 bridgehead atoms. The van der Waals surface area contributed by atoms with Gasteiger partial charge >= 0.3 is 6.03 Å². The van der Waals surface area contributed by atoms with E-state index in [9.17, 15) is 18.8 Å². The molecule has 0 unspecified atom stereocenters. The number of amides is 4. The van der Waals surface area contributed by atoms with Crippen LogP contribution in [0.5, 0.6) is 0 Å². The summed E-state index contributed by atoms with van der Waals surface area (Å²) in [6.07, 6.45) is 0.441. The van der Waals surface area contributed by atoms with Gasteiger partial charge in [-0.25, -0.2) is 23.8 Å². The van der Waals surface area contributed by atoms with Gasteiger partial charge in [-0.3, -0.25) is 9.59 Å². The van der Waals surface area contributed by atoms with Crippen LogP contribution in [0.2, 0.25) is 0 Å². The average molecular weight is 408 g/mol. The second-order valence-corrected chi connectivity index (χ2v) is 6.46. The summed E-state index contributed by atoms with van der Waals surface area (Å²) in [5, 5.41) is 9.24. The maximum atomic E-state index is 14.2. The first-order valence-electron chi connectivity index (χ1n) is 9.21. The van der Waals surface area contributed by atoms with Crippen molar-refractivity contribution < 1.29 is 18.8 Å². The first-order valence-corrected chi connectivity index (χ1v) is 9.21. The Balaban J connectivity index is 1.59. The van der Waals surface area contributed by atoms with Crippen molar-refractivity contribution in [2.75, 3.05) is 16.8 Å². The summed E-state index contributed by atoms with van der Waals surface area (Å²) in [5.41, 5.74) is 0.874. The molecule has 2 N–H and O–H groups in total. The Labute approximate surface area is 170 Å². The standard InChI is InChI=1S/C20H17FN6O3/c1-2-16-24-18(25-27(16)15-9-4-3-8-14(15)21)19(29)23-12-6-5-7-13(10-12)26-17(28)11-22-20(26)30/h3-10H,2,11H2,1H3,(H,22,30)(H,23,29). The lowest BCUT2D eigenvalue weighted by Gasteiger charge is -2.13. The van der Waals surface area contributed by atoms with Crippen molar-refractivity contribution in [2.24, 2.45) is 0 Å². The summed E-state index contributed by atoms with van der Waals surface area (Å²) in [7, 11) is 0. The predicted molar refractivity (Wildman–Crippen MR) is 106 cm³/mol. The van der Waals surface area contributed by atoms with Crippen LogP contribution in [-0.4, -0.2) is 39.2 Å². The number of urea groups is 1. The number of anilines is 2. The number of imide groups is 1. The highest BCUT2D eigenvalue weighted by Gasteiger charge is 2.30. The van der Waals surface area contributed by atoms with Gasteiger partial charge < -0.3 is 10.6 Å². The number of aryl methyl sites for hydroxylation is 1. The zero-order chi connectivity index (χ0) is 21.3. The summed E-state index contributed by atoms with van der Waals surface area (Å²) in [4.78, 5) is 41.6. The van der Waals surface area contributed by atoms with Crippen molar-refractivity contribution in [3.63, 3.8) is 0 Å². The van der Waals surface area contributed by atoms with Crippen LogP contribution in [0.4, 0.5) is 20.6 Å². The SMILES string of the molecule is CCc1nc(C(=O)Nc2cccc(N3C(=O)CNC3=O)c2)nn1-c1ccccc1F. The minimum Gasteiger partial charge on any atom is -0.328 e. The molecule has 1 saturated heterocycles. The molecule has 0 aliphatic carbocycles. The van der Waals surface area contributed by atoms with Crippen molar-refractivity contribution in [2.45, 2.75) is 13.3 Å². The van der Waals surface area contributed by atoms with Gasteiger partial charge in [0, 0.05) is 12.1 Å². The highest BCUT2D eigenvalue weighted by Crippen LogP contribution is 2.22. The third-order valence-corrected chi connectivity index (χ3v) is 4.48. The van der Waals surface area contributed by atoms with E-state index >= 15 is 0 Å². The van der Waals surface area contributed by atoms with Gasteiger partial charge in [-0.05, 0) is 30.3 Å². The predicted octanol–water partition coefficient (Wildman–Crippen LogP) is 2.28. The van der Waals surface area contributed by atoms with E-state index in [0.29, 0.717) is 23.6 Å². The topological polar surface area (TPSA) is 109 Å². The summed E-state index contributed by atoms with van der Waals surface area (Å²) < 4.78 is 15.5. The van der Waals surface area contributed by atoms with Crippen LogP contribution in [0.15, 0.2) is 48.5 Å². The van der Waals surface area contributed by atoms with E-state index in [1.165, 1.54) is 16.8 Å². The molecule has 4 amide bonds. The number of para-hydroxylation sites is 1. The number of carbonyl (C=O) groups is 3. The Bertz CT molecular complexity index is 1140. The van der Waals surface area contributed by atoms with Crippen molar-refractivity contribution >= 4 is 29.2 Å². The quantitative estimate of drug-likeness (QED) is 0.630. The lowest BCUT2D eigenvalue weighted by Crippen LogP contribution is -2.30. The van der Waals surface area contributed by atoms with E-state index in [1.807, 2.05) is 6.92 Å². The fourth-order valence-corrected chi connectivity index (χ4v) is 3.08. The third kappa shape index (κ3) is 3.50. The van der Waals surface area contributed by atoms with Crippen molar-refractivity contribution in [3.8, 4) is 5.69 Å². The minimum absolute atomic E-state index is 0.0768. The monoisotopic (exact) mass is 408 g/mol. The highest BCUT2D eigenvalue weighted by atomic mass is 19.1. The number of hydrogen-bond acceptors (Lipinski definition) is 5. The van der Waals surface area contributed by atoms with E-state index in [-0.39, 0.29) is 24.0 Å². The molecule has 152 valence electrons. The number of halogens is 1. The smallest absolute Gasteiger partial charge is 0.328 e. The van der Waals surface area contributed by atoms with Crippen molar-refractivity contribution in [1.29, 1.82) is 0 Å². The molecule has 2 aromatic carbocycles. The number of nitrogens with one attached hydrogen (secondary N) is 2. The lowest BCUT2D eigenvalue weighted by molar-refractivity contribution is -0.115. The lowest BCUT2D eigenvalue weighted by atomic mass is 10.2. The first kappa shape index (κ1) is 19.2. The van der Waals surface area contributed by atoms with Crippen LogP contribution in [0.3, 0.4) is 0 Å². The van der Waals surface area contributed by atoms with Gasteiger partial charge in [0.25, 0.3) is 11.8 Å². The molecule has 0 saturated carbocycles. The van der Waals surface area contributed by atoms with Crippen LogP contribution in [0.25, 0.3) is 5.69 Å². The van der Waals surface area contributed by atoms with Crippen LogP contribution < -0.4 is 15.5 Å². The third-order valence-electron chi connectivity index (χ3n) is 4.48. The summed E-state index contributed by atoms with van der Waals surface area (Å²) in [6, 6.07) is 11.8. The maximum absolute atomic E-state index is 14.2. The van der Waals surface area contributed by atoms with Crippen LogP contribution in [0.1, 0.15) is 23.4 Å². The van der Waals surface area contributed by atoms with Crippen LogP contribution in [0, 0.1) is 5.82 Å². The maximum Gasteiger partial charge on any atom is 0.329 e. The minimum atomic E-state index is -0.603. The molecule has 10 heteroatoms. The van der Waals surface area contributed by atoms with Gasteiger partial charge in [0.15, 0.2) is 0 Å². The van der Waals surface area contributed by atoms with Crippen LogP contribution >= 0.6 is 0 Å². The second kappa shape index (κ2) is 7.74. The molecule has 0 atom stereocenters. The first-order chi connectivity index (χ1) is 14.5. The zero-order valence-corrected chi connectivity index (χ0v) is 15.9. The molecule has 30 heavy (non-hydrogen) atoms. The van der Waals surface area contributed by atoms with Gasteiger partial charge in [0.1, 0.15) is 17.3 Å². The highest BCUT2D eigenvalue weighted by molar-refractivity contribution is 6.20. The van der Waals surface area contributed by atoms with Gasteiger partial charge in [-0.1, -0.05) is 25.1 Å². The molecular weight excluding hydrogens is 391 g/mol. The summed E-state index contributed by atoms with van der Waals surface area (Å²) in [6.45, 7) is 1.75. The molecule has 1 aliphatic heterocycles. The number of rotatable bonds is 5. The normalized spacial score (nSPS) is 13.5. The van der Waals surface area contributed by atoms with E-state index in [1.54, 1.807) is 36.4 Å². The molecule has 4 rings (SSSR count). The number of benzene rings is 2. The number of aromatic nitrogens is 3. The summed E-state index contributed by atoms with van der Waals surface area (Å²) in [5.74, 6) is -1.17. The van der Waals surface area contributed by atoms with E-state index in [0.717, 1.165) is 4.90 Å². The fourth-order valence-electron chi connectivity index (χ4n) is 3.08. The molecule has 1 aliphatic rings. The zero-order valence-electron chi connectivity index (χ0n) is 15.9. The molecular formula is C20H17FN6O3. The average Bonchev–Trinajstić information content (AvgIpc) is 3.31. The number of hydrogen-bond donors (Lipinski definition) is 2. The molecule has 2 heterocycles. The van der Waals surface area contributed by atoms with E-state index in [2.05, 4.69) is 20.7 Å². The largest absolute Gasteiger partial charge is 0.329 e. The number of nitrogens with zero attached hydrogens (tertiary/aromatic N) is 4. The van der Waals surface area contributed by atoms with Gasteiger partial charge in [0.05, 0.1) is 12.2 Å². The van der Waals surface area contributed by atoms with Crippen molar-refractivity contribution in [3.05, 3.63) is 66.0 Å². The van der Waals surface area contributed by atoms with E-state index < -0.39 is 17.8 Å². The van der Waals surface area contributed by atoms with E-state index in [4.69, 9.17) is 0 Å².